The lowest BCUT2D eigenvalue weighted by molar-refractivity contribution is -0.120. The molecule has 4 rings (SSSR count). The molecule has 2 heterocycles. The minimum absolute atomic E-state index is 0.0221. The topological polar surface area (TPSA) is 57.8 Å². The molecule has 2 N–H and O–H groups in total. The van der Waals surface area contributed by atoms with E-state index >= 15 is 0 Å². The summed E-state index contributed by atoms with van der Waals surface area (Å²) >= 11 is 1.58. The summed E-state index contributed by atoms with van der Waals surface area (Å²) in [6.07, 6.45) is 3.17. The van der Waals surface area contributed by atoms with Gasteiger partial charge in [0, 0.05) is 23.6 Å². The van der Waals surface area contributed by atoms with Crippen molar-refractivity contribution < 1.29 is 4.79 Å². The van der Waals surface area contributed by atoms with Crippen LogP contribution in [0.2, 0.25) is 0 Å². The van der Waals surface area contributed by atoms with Crippen LogP contribution in [-0.4, -0.2) is 22.4 Å². The second-order valence-electron chi connectivity index (χ2n) is 5.71. The highest BCUT2D eigenvalue weighted by atomic mass is 32.1. The van der Waals surface area contributed by atoms with E-state index in [-0.39, 0.29) is 5.91 Å². The van der Waals surface area contributed by atoms with Gasteiger partial charge in [0.05, 0.1) is 16.6 Å². The molecule has 0 aliphatic carbocycles. The van der Waals surface area contributed by atoms with Crippen LogP contribution in [0.15, 0.2) is 54.7 Å². The number of hydrogen-bond acceptors (Lipinski definition) is 3. The van der Waals surface area contributed by atoms with Crippen molar-refractivity contribution in [1.29, 1.82) is 0 Å². The number of carbonyl (C=O) groups excluding carboxylic acids is 1. The normalized spacial score (nSPS) is 11.2. The summed E-state index contributed by atoms with van der Waals surface area (Å²) in [6.45, 7) is 0.631. The van der Waals surface area contributed by atoms with Crippen molar-refractivity contribution in [2.45, 2.75) is 12.8 Å². The first-order valence-corrected chi connectivity index (χ1v) is 8.77. The van der Waals surface area contributed by atoms with Crippen LogP contribution >= 0.6 is 11.3 Å². The van der Waals surface area contributed by atoms with Crippen LogP contribution in [0, 0.1) is 0 Å². The number of thiazole rings is 1. The lowest BCUT2D eigenvalue weighted by Crippen LogP contribution is -2.27. The van der Waals surface area contributed by atoms with Gasteiger partial charge in [-0.1, -0.05) is 30.3 Å². The monoisotopic (exact) mass is 335 g/mol. The number of hydrogen-bond donors (Lipinski definition) is 2. The molecule has 0 bridgehead atoms. The molecule has 5 heteroatoms. The van der Waals surface area contributed by atoms with E-state index in [0.29, 0.717) is 13.0 Å². The smallest absolute Gasteiger partial charge is 0.226 e. The van der Waals surface area contributed by atoms with Gasteiger partial charge >= 0.3 is 0 Å². The average molecular weight is 335 g/mol. The van der Waals surface area contributed by atoms with Gasteiger partial charge in [-0.2, -0.15) is 0 Å². The van der Waals surface area contributed by atoms with E-state index in [2.05, 4.69) is 27.4 Å². The standard InChI is InChI=1S/C19H17N3OS/c23-18(11-19-22-16-7-3-4-8-17(16)24-19)20-10-9-13-12-21-15-6-2-1-5-14(13)15/h1-8,12,21H,9-11H2,(H,20,23). The van der Waals surface area contributed by atoms with Gasteiger partial charge in [-0.05, 0) is 30.2 Å². The molecule has 0 fully saturated rings. The third-order valence-electron chi connectivity index (χ3n) is 4.04. The maximum atomic E-state index is 12.1. The Labute approximate surface area is 143 Å². The zero-order valence-electron chi connectivity index (χ0n) is 13.1. The first-order chi connectivity index (χ1) is 11.8. The highest BCUT2D eigenvalue weighted by Gasteiger charge is 2.09. The molecule has 24 heavy (non-hydrogen) atoms. The number of fused-ring (bicyclic) bond motifs is 2. The fraction of sp³-hybridized carbons (Fsp3) is 0.158. The average Bonchev–Trinajstić information content (AvgIpc) is 3.18. The maximum absolute atomic E-state index is 12.1. The molecule has 1 amide bonds. The van der Waals surface area contributed by atoms with Gasteiger partial charge in [0.25, 0.3) is 0 Å². The summed E-state index contributed by atoms with van der Waals surface area (Å²) in [7, 11) is 0. The summed E-state index contributed by atoms with van der Waals surface area (Å²) in [6, 6.07) is 16.2. The number of para-hydroxylation sites is 2. The van der Waals surface area contributed by atoms with Crippen LogP contribution in [-0.2, 0) is 17.6 Å². The quantitative estimate of drug-likeness (QED) is 0.584. The number of nitrogens with one attached hydrogen (secondary N) is 2. The predicted octanol–water partition coefficient (Wildman–Crippen LogP) is 3.68. The Hall–Kier alpha value is -2.66. The molecule has 0 aliphatic heterocycles. The Morgan fingerprint density at radius 2 is 1.96 bits per heavy atom. The molecule has 2 aromatic heterocycles. The van der Waals surface area contributed by atoms with E-state index in [1.165, 1.54) is 10.9 Å². The number of aromatic nitrogens is 2. The van der Waals surface area contributed by atoms with Crippen molar-refractivity contribution in [2.24, 2.45) is 0 Å². The van der Waals surface area contributed by atoms with E-state index in [0.717, 1.165) is 27.2 Å². The van der Waals surface area contributed by atoms with Gasteiger partial charge in [-0.15, -0.1) is 11.3 Å². The van der Waals surface area contributed by atoms with Gasteiger partial charge in [0.1, 0.15) is 5.01 Å². The summed E-state index contributed by atoms with van der Waals surface area (Å²) in [5.41, 5.74) is 3.32. The third kappa shape index (κ3) is 3.03. The molecule has 4 aromatic rings. The molecule has 0 radical (unpaired) electrons. The second-order valence-corrected chi connectivity index (χ2v) is 6.83. The first kappa shape index (κ1) is 14.9. The Bertz CT molecular complexity index is 969. The van der Waals surface area contributed by atoms with Gasteiger partial charge in [0.15, 0.2) is 0 Å². The van der Waals surface area contributed by atoms with Gasteiger partial charge in [0.2, 0.25) is 5.91 Å². The number of nitrogens with zero attached hydrogens (tertiary/aromatic N) is 1. The van der Waals surface area contributed by atoms with Crippen LogP contribution in [0.3, 0.4) is 0 Å². The van der Waals surface area contributed by atoms with Crippen molar-refractivity contribution in [2.75, 3.05) is 6.54 Å². The SMILES string of the molecule is O=C(Cc1nc2ccccc2s1)NCCc1c[nH]c2ccccc12. The number of carbonyl (C=O) groups is 1. The fourth-order valence-corrected chi connectivity index (χ4v) is 3.84. The number of H-pyrrole nitrogens is 1. The van der Waals surface area contributed by atoms with Crippen LogP contribution < -0.4 is 5.32 Å². The summed E-state index contributed by atoms with van der Waals surface area (Å²) < 4.78 is 1.12. The Balaban J connectivity index is 1.35. The van der Waals surface area contributed by atoms with E-state index in [1.54, 1.807) is 11.3 Å². The maximum Gasteiger partial charge on any atom is 0.226 e. The minimum atomic E-state index is 0.0221. The van der Waals surface area contributed by atoms with Crippen LogP contribution in [0.1, 0.15) is 10.6 Å². The van der Waals surface area contributed by atoms with Crippen LogP contribution in [0.25, 0.3) is 21.1 Å². The van der Waals surface area contributed by atoms with E-state index in [1.807, 2.05) is 42.6 Å². The van der Waals surface area contributed by atoms with Crippen LogP contribution in [0.5, 0.6) is 0 Å². The molecule has 0 saturated carbocycles. The molecular weight excluding hydrogens is 318 g/mol. The third-order valence-corrected chi connectivity index (χ3v) is 5.08. The number of aromatic amines is 1. The van der Waals surface area contributed by atoms with Crippen molar-refractivity contribution >= 4 is 38.4 Å². The van der Waals surface area contributed by atoms with Gasteiger partial charge < -0.3 is 10.3 Å². The van der Waals surface area contributed by atoms with Crippen molar-refractivity contribution in [3.63, 3.8) is 0 Å². The lowest BCUT2D eigenvalue weighted by Gasteiger charge is -2.03. The largest absolute Gasteiger partial charge is 0.361 e. The van der Waals surface area contributed by atoms with Crippen molar-refractivity contribution in [3.05, 3.63) is 65.3 Å². The highest BCUT2D eigenvalue weighted by Crippen LogP contribution is 2.22. The molecule has 120 valence electrons. The van der Waals surface area contributed by atoms with Crippen molar-refractivity contribution in [1.82, 2.24) is 15.3 Å². The number of rotatable bonds is 5. The minimum Gasteiger partial charge on any atom is -0.361 e. The summed E-state index contributed by atoms with van der Waals surface area (Å²) in [5.74, 6) is 0.0221. The van der Waals surface area contributed by atoms with Gasteiger partial charge in [-0.25, -0.2) is 4.98 Å². The molecule has 4 nitrogen and oxygen atoms in total. The summed E-state index contributed by atoms with van der Waals surface area (Å²) in [4.78, 5) is 19.9. The van der Waals surface area contributed by atoms with Crippen LogP contribution in [0.4, 0.5) is 0 Å². The fourth-order valence-electron chi connectivity index (χ4n) is 2.87. The Morgan fingerprint density at radius 1 is 1.12 bits per heavy atom. The lowest BCUT2D eigenvalue weighted by atomic mass is 10.1. The zero-order valence-corrected chi connectivity index (χ0v) is 13.9. The predicted molar refractivity (Wildman–Crippen MR) is 98.3 cm³/mol. The van der Waals surface area contributed by atoms with E-state index in [4.69, 9.17) is 0 Å². The van der Waals surface area contributed by atoms with E-state index < -0.39 is 0 Å². The molecule has 0 aliphatic rings. The molecule has 2 aromatic carbocycles. The second kappa shape index (κ2) is 6.45. The molecular formula is C19H17N3OS. The zero-order chi connectivity index (χ0) is 16.4. The Kier molecular flexibility index (Phi) is 4.01. The number of benzene rings is 2. The van der Waals surface area contributed by atoms with Gasteiger partial charge in [-0.3, -0.25) is 4.79 Å². The molecule has 0 spiro atoms. The first-order valence-electron chi connectivity index (χ1n) is 7.96. The molecule has 0 atom stereocenters. The van der Waals surface area contributed by atoms with E-state index in [9.17, 15) is 4.79 Å². The summed E-state index contributed by atoms with van der Waals surface area (Å²) in [5, 5.41) is 5.07. The highest BCUT2D eigenvalue weighted by molar-refractivity contribution is 7.18. The number of amides is 1. The molecule has 0 saturated heterocycles. The van der Waals surface area contributed by atoms with Crippen molar-refractivity contribution in [3.8, 4) is 0 Å². The molecule has 0 unspecified atom stereocenters. The Morgan fingerprint density at radius 3 is 2.88 bits per heavy atom.